The summed E-state index contributed by atoms with van der Waals surface area (Å²) >= 11 is 0. The van der Waals surface area contributed by atoms with E-state index in [4.69, 9.17) is 0 Å². The molecule has 0 unspecified atom stereocenters. The molecule has 0 heterocycles. The summed E-state index contributed by atoms with van der Waals surface area (Å²) in [6, 6.07) is 12.0. The Hall–Kier alpha value is -3.22. The molecule has 2 N–H and O–H groups in total. The molecule has 0 aromatic heterocycles. The summed E-state index contributed by atoms with van der Waals surface area (Å²) in [5, 5.41) is 15.9. The van der Waals surface area contributed by atoms with Crippen LogP contribution in [0.4, 0.5) is 17.1 Å². The van der Waals surface area contributed by atoms with E-state index >= 15 is 0 Å². The van der Waals surface area contributed by atoms with Crippen LogP contribution in [0.1, 0.15) is 17.3 Å². The fraction of sp³-hybridized carbons (Fsp3) is 0.0667. The number of nitrogens with zero attached hydrogens (tertiary/aromatic N) is 1. The zero-order chi connectivity index (χ0) is 16.1. The molecule has 0 saturated heterocycles. The second kappa shape index (κ2) is 6.49. The van der Waals surface area contributed by atoms with Crippen LogP contribution in [0.5, 0.6) is 0 Å². The number of benzene rings is 2. The van der Waals surface area contributed by atoms with Gasteiger partial charge >= 0.3 is 0 Å². The molecule has 0 aliphatic heterocycles. The molecule has 7 heteroatoms. The van der Waals surface area contributed by atoms with Gasteiger partial charge in [0, 0.05) is 36.0 Å². The third kappa shape index (κ3) is 3.89. The van der Waals surface area contributed by atoms with E-state index in [1.54, 1.807) is 30.3 Å². The van der Waals surface area contributed by atoms with Crippen molar-refractivity contribution in [2.75, 3.05) is 10.6 Å². The van der Waals surface area contributed by atoms with E-state index in [0.29, 0.717) is 16.9 Å². The van der Waals surface area contributed by atoms with Gasteiger partial charge in [-0.3, -0.25) is 19.7 Å². The van der Waals surface area contributed by atoms with Crippen LogP contribution in [-0.4, -0.2) is 16.7 Å². The van der Waals surface area contributed by atoms with Crippen LogP contribution in [0.2, 0.25) is 0 Å². The summed E-state index contributed by atoms with van der Waals surface area (Å²) in [6.45, 7) is 1.39. The Morgan fingerprint density at radius 3 is 2.27 bits per heavy atom. The van der Waals surface area contributed by atoms with Crippen LogP contribution in [0.3, 0.4) is 0 Å². The van der Waals surface area contributed by atoms with Crippen LogP contribution >= 0.6 is 0 Å². The molecular formula is C15H13N3O4. The van der Waals surface area contributed by atoms with Crippen LogP contribution in [0.25, 0.3) is 0 Å². The topological polar surface area (TPSA) is 101 Å². The van der Waals surface area contributed by atoms with Gasteiger partial charge in [0.2, 0.25) is 5.91 Å². The lowest BCUT2D eigenvalue weighted by atomic mass is 10.2. The molecule has 0 spiro atoms. The molecule has 2 amide bonds. The summed E-state index contributed by atoms with van der Waals surface area (Å²) in [5.41, 5.74) is 1.20. The molecule has 0 bridgehead atoms. The molecule has 2 rings (SSSR count). The number of hydrogen-bond donors (Lipinski definition) is 2. The van der Waals surface area contributed by atoms with Crippen molar-refractivity contribution in [3.05, 3.63) is 64.2 Å². The highest BCUT2D eigenvalue weighted by Gasteiger charge is 2.10. The van der Waals surface area contributed by atoms with Gasteiger partial charge in [-0.15, -0.1) is 0 Å². The molecule has 0 saturated carbocycles. The minimum Gasteiger partial charge on any atom is -0.326 e. The van der Waals surface area contributed by atoms with Crippen molar-refractivity contribution >= 4 is 28.9 Å². The van der Waals surface area contributed by atoms with Crippen molar-refractivity contribution in [2.24, 2.45) is 0 Å². The predicted molar refractivity (Wildman–Crippen MR) is 81.8 cm³/mol. The van der Waals surface area contributed by atoms with E-state index in [1.165, 1.54) is 25.1 Å². The first-order valence-corrected chi connectivity index (χ1v) is 6.39. The molecular weight excluding hydrogens is 286 g/mol. The number of carbonyl (C=O) groups is 2. The lowest BCUT2D eigenvalue weighted by Crippen LogP contribution is -2.12. The van der Waals surface area contributed by atoms with E-state index in [9.17, 15) is 19.7 Å². The molecule has 0 fully saturated rings. The van der Waals surface area contributed by atoms with Crippen molar-refractivity contribution < 1.29 is 14.5 Å². The second-order valence-corrected chi connectivity index (χ2v) is 4.52. The minimum absolute atomic E-state index is 0.0983. The average Bonchev–Trinajstić information content (AvgIpc) is 2.47. The van der Waals surface area contributed by atoms with Crippen molar-refractivity contribution in [1.29, 1.82) is 0 Å². The predicted octanol–water partition coefficient (Wildman–Crippen LogP) is 2.81. The molecule has 112 valence electrons. The highest BCUT2D eigenvalue weighted by Crippen LogP contribution is 2.18. The lowest BCUT2D eigenvalue weighted by molar-refractivity contribution is -0.384. The molecule has 0 radical (unpaired) electrons. The number of non-ortho nitro benzene ring substituents is 1. The van der Waals surface area contributed by atoms with Gasteiger partial charge in [-0.1, -0.05) is 6.07 Å². The van der Waals surface area contributed by atoms with Gasteiger partial charge in [0.05, 0.1) is 4.92 Å². The molecule has 2 aromatic carbocycles. The maximum atomic E-state index is 12.1. The van der Waals surface area contributed by atoms with E-state index < -0.39 is 10.8 Å². The van der Waals surface area contributed by atoms with Crippen LogP contribution < -0.4 is 10.6 Å². The fourth-order valence-electron chi connectivity index (χ4n) is 1.81. The summed E-state index contributed by atoms with van der Waals surface area (Å²) < 4.78 is 0. The number of nitrogens with one attached hydrogen (secondary N) is 2. The van der Waals surface area contributed by atoms with Crippen LogP contribution in [0.15, 0.2) is 48.5 Å². The Labute approximate surface area is 126 Å². The molecule has 0 aliphatic carbocycles. The SMILES string of the molecule is CC(=O)Nc1ccc(C(=O)Nc2cccc([N+](=O)[O-])c2)cc1. The van der Waals surface area contributed by atoms with Crippen molar-refractivity contribution in [3.8, 4) is 0 Å². The van der Waals surface area contributed by atoms with E-state index in [-0.39, 0.29) is 11.6 Å². The zero-order valence-electron chi connectivity index (χ0n) is 11.7. The minimum atomic E-state index is -0.530. The van der Waals surface area contributed by atoms with Gasteiger partial charge in [-0.05, 0) is 30.3 Å². The monoisotopic (exact) mass is 299 g/mol. The first-order valence-electron chi connectivity index (χ1n) is 6.39. The molecule has 22 heavy (non-hydrogen) atoms. The number of hydrogen-bond acceptors (Lipinski definition) is 4. The molecule has 7 nitrogen and oxygen atoms in total. The fourth-order valence-corrected chi connectivity index (χ4v) is 1.81. The Bertz CT molecular complexity index is 726. The normalized spacial score (nSPS) is 9.86. The highest BCUT2D eigenvalue weighted by atomic mass is 16.6. The first kappa shape index (κ1) is 15.2. The number of anilines is 2. The van der Waals surface area contributed by atoms with Crippen molar-refractivity contribution in [2.45, 2.75) is 6.92 Å². The number of carbonyl (C=O) groups excluding carboxylic acids is 2. The van der Waals surface area contributed by atoms with Crippen LogP contribution in [-0.2, 0) is 4.79 Å². The largest absolute Gasteiger partial charge is 0.326 e. The van der Waals surface area contributed by atoms with E-state index in [2.05, 4.69) is 10.6 Å². The maximum Gasteiger partial charge on any atom is 0.271 e. The average molecular weight is 299 g/mol. The van der Waals surface area contributed by atoms with Crippen molar-refractivity contribution in [3.63, 3.8) is 0 Å². The van der Waals surface area contributed by atoms with Gasteiger partial charge in [-0.2, -0.15) is 0 Å². The van der Waals surface area contributed by atoms with Gasteiger partial charge in [0.1, 0.15) is 0 Å². The van der Waals surface area contributed by atoms with Gasteiger partial charge in [0.15, 0.2) is 0 Å². The summed E-state index contributed by atoms with van der Waals surface area (Å²) in [7, 11) is 0. The van der Waals surface area contributed by atoms with E-state index in [1.807, 2.05) is 0 Å². The van der Waals surface area contributed by atoms with Crippen molar-refractivity contribution in [1.82, 2.24) is 0 Å². The summed E-state index contributed by atoms with van der Waals surface area (Å²) in [4.78, 5) is 33.1. The molecule has 2 aromatic rings. The number of rotatable bonds is 4. The summed E-state index contributed by atoms with van der Waals surface area (Å²) in [6.07, 6.45) is 0. The third-order valence-electron chi connectivity index (χ3n) is 2.78. The standard InChI is InChI=1S/C15H13N3O4/c1-10(19)16-12-7-5-11(6-8-12)15(20)17-13-3-2-4-14(9-13)18(21)22/h2-9H,1H3,(H,16,19)(H,17,20). The Morgan fingerprint density at radius 2 is 1.68 bits per heavy atom. The Morgan fingerprint density at radius 1 is 1.00 bits per heavy atom. The second-order valence-electron chi connectivity index (χ2n) is 4.52. The van der Waals surface area contributed by atoms with E-state index in [0.717, 1.165) is 0 Å². The Kier molecular flexibility index (Phi) is 4.47. The highest BCUT2D eigenvalue weighted by molar-refractivity contribution is 6.04. The first-order chi connectivity index (χ1) is 10.5. The lowest BCUT2D eigenvalue weighted by Gasteiger charge is -2.06. The number of nitro groups is 1. The van der Waals surface area contributed by atoms with Gasteiger partial charge < -0.3 is 10.6 Å². The molecule has 0 atom stereocenters. The zero-order valence-corrected chi connectivity index (χ0v) is 11.7. The third-order valence-corrected chi connectivity index (χ3v) is 2.78. The van der Waals surface area contributed by atoms with Crippen LogP contribution in [0, 0.1) is 10.1 Å². The smallest absolute Gasteiger partial charge is 0.271 e. The van der Waals surface area contributed by atoms with Gasteiger partial charge in [-0.25, -0.2) is 0 Å². The summed E-state index contributed by atoms with van der Waals surface area (Å²) in [5.74, 6) is -0.594. The number of amides is 2. The number of nitro benzene ring substituents is 1. The quantitative estimate of drug-likeness (QED) is 0.669. The Balaban J connectivity index is 2.10. The van der Waals surface area contributed by atoms with Gasteiger partial charge in [0.25, 0.3) is 11.6 Å². The molecule has 0 aliphatic rings. The maximum absolute atomic E-state index is 12.1.